The number of rotatable bonds is 1. The molecule has 1 unspecified atom stereocenters. The fourth-order valence-corrected chi connectivity index (χ4v) is 3.16. The first-order chi connectivity index (χ1) is 9.88. The standard InChI is InChI=1S/C16H25NO4/c1-15(2,3)21-14(19)17-13(8-7-11-18)12-20-16(17)9-5-4-6-10-16/h13,18H,4-6,8-10,12H2,1-3H3. The van der Waals surface area contributed by atoms with Crippen molar-refractivity contribution < 1.29 is 19.4 Å². The van der Waals surface area contributed by atoms with Crippen molar-refractivity contribution in [2.24, 2.45) is 0 Å². The number of aliphatic hydroxyl groups is 1. The molecule has 0 aromatic carbocycles. The second kappa shape index (κ2) is 6.15. The number of nitrogens with zero attached hydrogens (tertiary/aromatic N) is 1. The van der Waals surface area contributed by atoms with Crippen LogP contribution in [-0.2, 0) is 9.47 Å². The third-order valence-electron chi connectivity index (χ3n) is 3.99. The van der Waals surface area contributed by atoms with E-state index < -0.39 is 11.3 Å². The van der Waals surface area contributed by atoms with Crippen molar-refractivity contribution in [3.63, 3.8) is 0 Å². The van der Waals surface area contributed by atoms with Crippen molar-refractivity contribution in [3.8, 4) is 12.0 Å². The average molecular weight is 295 g/mol. The number of amides is 1. The van der Waals surface area contributed by atoms with Crippen molar-refractivity contribution in [1.29, 1.82) is 0 Å². The zero-order valence-corrected chi connectivity index (χ0v) is 13.1. The van der Waals surface area contributed by atoms with Gasteiger partial charge in [-0.25, -0.2) is 4.79 Å². The maximum atomic E-state index is 12.6. The molecule has 0 aromatic heterocycles. The van der Waals surface area contributed by atoms with Gasteiger partial charge < -0.3 is 14.6 Å². The summed E-state index contributed by atoms with van der Waals surface area (Å²) >= 11 is 0. The number of ether oxygens (including phenoxy) is 2. The quantitative estimate of drug-likeness (QED) is 0.755. The number of hydrogen-bond acceptors (Lipinski definition) is 4. The highest BCUT2D eigenvalue weighted by molar-refractivity contribution is 5.70. The highest BCUT2D eigenvalue weighted by atomic mass is 16.6. The zero-order chi connectivity index (χ0) is 15.5. The van der Waals surface area contributed by atoms with E-state index >= 15 is 0 Å². The summed E-state index contributed by atoms with van der Waals surface area (Å²) < 4.78 is 11.6. The van der Waals surface area contributed by atoms with Gasteiger partial charge in [0.15, 0.2) is 0 Å². The van der Waals surface area contributed by atoms with Crippen molar-refractivity contribution in [2.45, 2.75) is 76.7 Å². The van der Waals surface area contributed by atoms with Gasteiger partial charge in [0.25, 0.3) is 0 Å². The van der Waals surface area contributed by atoms with Gasteiger partial charge in [0.1, 0.15) is 17.4 Å². The van der Waals surface area contributed by atoms with E-state index in [-0.39, 0.29) is 12.1 Å². The number of carbonyl (C=O) groups is 1. The van der Waals surface area contributed by atoms with Crippen LogP contribution in [0.15, 0.2) is 0 Å². The summed E-state index contributed by atoms with van der Waals surface area (Å²) in [6.07, 6.45) is 6.94. The molecule has 2 rings (SSSR count). The van der Waals surface area contributed by atoms with E-state index in [1.807, 2.05) is 26.9 Å². The molecule has 1 spiro atoms. The molecule has 1 aliphatic carbocycles. The summed E-state index contributed by atoms with van der Waals surface area (Å²) in [5.41, 5.74) is -1.08. The van der Waals surface area contributed by atoms with Gasteiger partial charge in [-0.2, -0.15) is 0 Å². The molecule has 0 bridgehead atoms. The van der Waals surface area contributed by atoms with Crippen LogP contribution in [0.4, 0.5) is 4.79 Å². The number of carbonyl (C=O) groups excluding carboxylic acids is 1. The Morgan fingerprint density at radius 2 is 2.05 bits per heavy atom. The smallest absolute Gasteiger partial charge is 0.412 e. The molecule has 1 N–H and O–H groups in total. The largest absolute Gasteiger partial charge is 0.462 e. The van der Waals surface area contributed by atoms with Crippen LogP contribution in [0.25, 0.3) is 0 Å². The lowest BCUT2D eigenvalue weighted by Crippen LogP contribution is -2.53. The molecule has 21 heavy (non-hydrogen) atoms. The molecule has 1 atom stereocenters. The fraction of sp³-hybridized carbons (Fsp3) is 0.812. The second-order valence-electron chi connectivity index (χ2n) is 6.81. The topological polar surface area (TPSA) is 59.0 Å². The van der Waals surface area contributed by atoms with E-state index in [1.165, 1.54) is 6.42 Å². The molecule has 5 heteroatoms. The normalized spacial score (nSPS) is 24.5. The number of aliphatic hydroxyl groups excluding tert-OH is 1. The van der Waals surface area contributed by atoms with E-state index in [2.05, 4.69) is 5.92 Å². The van der Waals surface area contributed by atoms with Gasteiger partial charge >= 0.3 is 6.09 Å². The zero-order valence-electron chi connectivity index (χ0n) is 13.1. The van der Waals surface area contributed by atoms with E-state index in [0.717, 1.165) is 25.7 Å². The van der Waals surface area contributed by atoms with Crippen LogP contribution in [-0.4, -0.2) is 40.1 Å². The highest BCUT2D eigenvalue weighted by Gasteiger charge is 2.51. The summed E-state index contributed by atoms with van der Waals surface area (Å²) in [7, 11) is 0. The van der Waals surface area contributed by atoms with E-state index in [4.69, 9.17) is 14.6 Å². The highest BCUT2D eigenvalue weighted by Crippen LogP contribution is 2.41. The molecule has 2 fully saturated rings. The third kappa shape index (κ3) is 3.62. The molecule has 5 nitrogen and oxygen atoms in total. The Bertz CT molecular complexity index is 437. The molecule has 1 saturated heterocycles. The lowest BCUT2D eigenvalue weighted by molar-refractivity contribution is -0.108. The molecule has 1 amide bonds. The molecular weight excluding hydrogens is 270 g/mol. The van der Waals surface area contributed by atoms with Crippen LogP contribution in [0.2, 0.25) is 0 Å². The van der Waals surface area contributed by atoms with Crippen molar-refractivity contribution in [3.05, 3.63) is 0 Å². The molecule has 1 aliphatic heterocycles. The molecule has 0 radical (unpaired) electrons. The Kier molecular flexibility index (Phi) is 4.67. The van der Waals surface area contributed by atoms with E-state index in [0.29, 0.717) is 13.0 Å². The minimum atomic E-state index is -0.539. The molecule has 0 aromatic rings. The summed E-state index contributed by atoms with van der Waals surface area (Å²) in [5, 5.41) is 8.70. The lowest BCUT2D eigenvalue weighted by atomic mass is 9.90. The Balaban J connectivity index is 2.21. The first kappa shape index (κ1) is 16.0. The minimum absolute atomic E-state index is 0.155. The average Bonchev–Trinajstić information content (AvgIpc) is 2.73. The van der Waals surface area contributed by atoms with Crippen molar-refractivity contribution in [1.82, 2.24) is 4.90 Å². The van der Waals surface area contributed by atoms with Gasteiger partial charge in [-0.15, -0.1) is 0 Å². The van der Waals surface area contributed by atoms with Gasteiger partial charge in [0.05, 0.1) is 12.6 Å². The van der Waals surface area contributed by atoms with Crippen molar-refractivity contribution in [2.75, 3.05) is 6.61 Å². The van der Waals surface area contributed by atoms with Crippen LogP contribution >= 0.6 is 0 Å². The summed E-state index contributed by atoms with van der Waals surface area (Å²) in [5.74, 6) is 2.64. The predicted molar refractivity (Wildman–Crippen MR) is 78.0 cm³/mol. The van der Waals surface area contributed by atoms with Crippen LogP contribution in [0.3, 0.4) is 0 Å². The summed E-state index contributed by atoms with van der Waals surface area (Å²) in [4.78, 5) is 14.4. The van der Waals surface area contributed by atoms with Crippen molar-refractivity contribution >= 4 is 6.09 Å². The van der Waals surface area contributed by atoms with Gasteiger partial charge in [-0.3, -0.25) is 4.90 Å². The molecule has 1 saturated carbocycles. The maximum absolute atomic E-state index is 12.6. The number of hydrogen-bond donors (Lipinski definition) is 1. The van der Waals surface area contributed by atoms with Crippen LogP contribution in [0.1, 0.15) is 59.3 Å². The predicted octanol–water partition coefficient (Wildman–Crippen LogP) is 3.01. The fourth-order valence-electron chi connectivity index (χ4n) is 3.16. The summed E-state index contributed by atoms with van der Waals surface area (Å²) in [6, 6.07) is -0.155. The van der Waals surface area contributed by atoms with Gasteiger partial charge in [-0.1, -0.05) is 12.3 Å². The minimum Gasteiger partial charge on any atom is -0.462 e. The van der Waals surface area contributed by atoms with E-state index in [9.17, 15) is 4.79 Å². The van der Waals surface area contributed by atoms with Gasteiger partial charge in [0.2, 0.25) is 0 Å². The Hall–Kier alpha value is -1.41. The van der Waals surface area contributed by atoms with Crippen LogP contribution in [0.5, 0.6) is 0 Å². The van der Waals surface area contributed by atoms with Gasteiger partial charge in [-0.05, 0) is 46.5 Å². The molecule has 118 valence electrons. The lowest BCUT2D eigenvalue weighted by Gasteiger charge is -2.41. The first-order valence-electron chi connectivity index (χ1n) is 7.66. The Morgan fingerprint density at radius 3 is 2.62 bits per heavy atom. The second-order valence-corrected chi connectivity index (χ2v) is 6.81. The Morgan fingerprint density at radius 1 is 1.38 bits per heavy atom. The molecule has 2 aliphatic rings. The van der Waals surface area contributed by atoms with E-state index in [1.54, 1.807) is 4.90 Å². The summed E-state index contributed by atoms with van der Waals surface area (Å²) in [6.45, 7) is 6.03. The monoisotopic (exact) mass is 295 g/mol. The first-order valence-corrected chi connectivity index (χ1v) is 7.66. The van der Waals surface area contributed by atoms with Crippen LogP contribution < -0.4 is 0 Å². The van der Waals surface area contributed by atoms with Gasteiger partial charge in [0, 0.05) is 6.42 Å². The SMILES string of the molecule is CC(C)(C)OC(=O)N1C(CC#CO)COC12CCCCC2. The van der Waals surface area contributed by atoms with Crippen LogP contribution in [0, 0.1) is 12.0 Å². The Labute approximate surface area is 126 Å². The molecular formula is C16H25NO4. The molecule has 1 heterocycles. The third-order valence-corrected chi connectivity index (χ3v) is 3.99. The maximum Gasteiger partial charge on any atom is 0.412 e.